The smallest absolute Gasteiger partial charge is 0.255 e. The second-order valence-corrected chi connectivity index (χ2v) is 11.4. The highest BCUT2D eigenvalue weighted by Crippen LogP contribution is 2.40. The molecule has 2 aliphatic rings. The number of rotatable bonds is 9. The number of fused-ring (bicyclic) bond motifs is 2. The summed E-state index contributed by atoms with van der Waals surface area (Å²) >= 11 is 0. The Bertz CT molecular complexity index is 1750. The van der Waals surface area contributed by atoms with Crippen molar-refractivity contribution in [1.29, 1.82) is 0 Å². The summed E-state index contributed by atoms with van der Waals surface area (Å²) in [7, 11) is 1.63. The zero-order valence-corrected chi connectivity index (χ0v) is 23.9. The van der Waals surface area contributed by atoms with Crippen LogP contribution in [0.25, 0.3) is 27.8 Å². The van der Waals surface area contributed by atoms with Crippen molar-refractivity contribution in [2.45, 2.75) is 51.7 Å². The highest BCUT2D eigenvalue weighted by molar-refractivity contribution is 5.96. The molecule has 0 radical (unpaired) electrons. The van der Waals surface area contributed by atoms with Gasteiger partial charge < -0.3 is 29.2 Å². The summed E-state index contributed by atoms with van der Waals surface area (Å²) in [5.74, 6) is 1.76. The third-order valence-corrected chi connectivity index (χ3v) is 8.35. The van der Waals surface area contributed by atoms with Crippen molar-refractivity contribution in [2.24, 2.45) is 11.7 Å². The summed E-state index contributed by atoms with van der Waals surface area (Å²) in [5, 5.41) is 13.8. The van der Waals surface area contributed by atoms with Crippen molar-refractivity contribution in [3.05, 3.63) is 54.4 Å². The molecule has 7 rings (SSSR count). The van der Waals surface area contributed by atoms with Crippen molar-refractivity contribution < 1.29 is 14.3 Å². The molecule has 2 fully saturated rings. The number of aromatic nitrogens is 7. The molecular formula is C30H35N9O3. The van der Waals surface area contributed by atoms with E-state index in [0.717, 1.165) is 52.8 Å². The van der Waals surface area contributed by atoms with Crippen LogP contribution in [-0.4, -0.2) is 77.6 Å². The lowest BCUT2D eigenvalue weighted by molar-refractivity contribution is 0.0707. The molecule has 1 saturated heterocycles. The molecule has 6 heterocycles. The first-order chi connectivity index (χ1) is 20.5. The number of nitrogens with two attached hydrogens (primary N) is 1. The summed E-state index contributed by atoms with van der Waals surface area (Å²) in [4.78, 5) is 19.9. The van der Waals surface area contributed by atoms with Crippen LogP contribution in [-0.2, 0) is 13.1 Å². The van der Waals surface area contributed by atoms with Crippen molar-refractivity contribution >= 4 is 22.3 Å². The molecule has 0 aromatic carbocycles. The Hall–Kier alpha value is -4.45. The molecule has 5 aromatic heterocycles. The van der Waals surface area contributed by atoms with Crippen LogP contribution < -0.4 is 15.2 Å². The largest absolute Gasteiger partial charge is 0.494 e. The number of carbonyl (C=O) groups is 1. The van der Waals surface area contributed by atoms with Crippen LogP contribution in [0.1, 0.15) is 41.6 Å². The van der Waals surface area contributed by atoms with Gasteiger partial charge in [-0.25, -0.2) is 9.50 Å². The Morgan fingerprint density at radius 3 is 2.74 bits per heavy atom. The van der Waals surface area contributed by atoms with Gasteiger partial charge in [-0.2, -0.15) is 5.10 Å². The lowest BCUT2D eigenvalue weighted by Gasteiger charge is -2.30. The van der Waals surface area contributed by atoms with E-state index in [-0.39, 0.29) is 11.9 Å². The molecule has 1 atom stereocenters. The molecule has 0 unspecified atom stereocenters. The minimum Gasteiger partial charge on any atom is -0.494 e. The van der Waals surface area contributed by atoms with Gasteiger partial charge in [-0.1, -0.05) is 0 Å². The lowest BCUT2D eigenvalue weighted by Crippen LogP contribution is -2.45. The Balaban J connectivity index is 1.29. The maximum atomic E-state index is 13.5. The molecule has 12 heteroatoms. The Kier molecular flexibility index (Phi) is 6.77. The third-order valence-electron chi connectivity index (χ3n) is 8.35. The summed E-state index contributed by atoms with van der Waals surface area (Å²) < 4.78 is 18.0. The van der Waals surface area contributed by atoms with Gasteiger partial charge in [0.2, 0.25) is 5.88 Å². The predicted octanol–water partition coefficient (Wildman–Crippen LogP) is 3.31. The van der Waals surface area contributed by atoms with Crippen LogP contribution in [0.5, 0.6) is 11.6 Å². The van der Waals surface area contributed by atoms with E-state index >= 15 is 0 Å². The van der Waals surface area contributed by atoms with Crippen molar-refractivity contribution in [1.82, 2.24) is 38.8 Å². The first-order valence-electron chi connectivity index (χ1n) is 14.6. The molecule has 0 bridgehead atoms. The fraction of sp³-hybridized carbons (Fsp3) is 0.433. The molecule has 42 heavy (non-hydrogen) atoms. The van der Waals surface area contributed by atoms with Crippen LogP contribution in [0.3, 0.4) is 0 Å². The molecular weight excluding hydrogens is 534 g/mol. The average Bonchev–Trinajstić information content (AvgIpc) is 3.36. The molecule has 218 valence electrons. The van der Waals surface area contributed by atoms with Gasteiger partial charge in [0.1, 0.15) is 41.7 Å². The Labute approximate surface area is 243 Å². The fourth-order valence-electron chi connectivity index (χ4n) is 6.00. The van der Waals surface area contributed by atoms with Crippen molar-refractivity contribution in [3.63, 3.8) is 0 Å². The number of carbonyl (C=O) groups excluding carboxylic acids is 1. The Morgan fingerprint density at radius 2 is 1.98 bits per heavy atom. The van der Waals surface area contributed by atoms with E-state index in [2.05, 4.69) is 32.7 Å². The minimum absolute atomic E-state index is 0.00605. The molecule has 1 aliphatic heterocycles. The van der Waals surface area contributed by atoms with Gasteiger partial charge in [-0.15, -0.1) is 10.2 Å². The number of likely N-dealkylation sites (tertiary alicyclic amines) is 1. The monoisotopic (exact) mass is 569 g/mol. The highest BCUT2D eigenvalue weighted by atomic mass is 16.5. The van der Waals surface area contributed by atoms with Gasteiger partial charge in [0.15, 0.2) is 0 Å². The number of nitrogens with zero attached hydrogens (tertiary/aromatic N) is 8. The van der Waals surface area contributed by atoms with Gasteiger partial charge in [-0.3, -0.25) is 4.79 Å². The molecule has 12 nitrogen and oxygen atoms in total. The van der Waals surface area contributed by atoms with Crippen LogP contribution in [0.15, 0.2) is 43.2 Å². The van der Waals surface area contributed by atoms with E-state index in [0.29, 0.717) is 49.4 Å². The van der Waals surface area contributed by atoms with Crippen LogP contribution in [0.4, 0.5) is 0 Å². The second-order valence-electron chi connectivity index (χ2n) is 11.4. The van der Waals surface area contributed by atoms with Crippen LogP contribution >= 0.6 is 0 Å². The first kappa shape index (κ1) is 26.4. The number of ether oxygens (including phenoxy) is 2. The van der Waals surface area contributed by atoms with Gasteiger partial charge >= 0.3 is 0 Å². The maximum Gasteiger partial charge on any atom is 0.255 e. The summed E-state index contributed by atoms with van der Waals surface area (Å²) in [5.41, 5.74) is 11.3. The number of methoxy groups -OCH3 is 1. The topological polar surface area (TPSA) is 131 Å². The van der Waals surface area contributed by atoms with E-state index in [1.807, 2.05) is 27.8 Å². The van der Waals surface area contributed by atoms with Crippen LogP contribution in [0.2, 0.25) is 0 Å². The molecule has 5 aromatic rings. The number of amides is 1. The number of pyridine rings is 2. The van der Waals surface area contributed by atoms with Gasteiger partial charge in [0.25, 0.3) is 5.91 Å². The van der Waals surface area contributed by atoms with Gasteiger partial charge in [0, 0.05) is 49.0 Å². The minimum atomic E-state index is -0.0535. The summed E-state index contributed by atoms with van der Waals surface area (Å²) in [6.07, 6.45) is 11.2. The zero-order valence-electron chi connectivity index (χ0n) is 23.9. The number of hydrogen-bond acceptors (Lipinski definition) is 8. The highest BCUT2D eigenvalue weighted by Gasteiger charge is 2.29. The molecule has 1 amide bonds. The van der Waals surface area contributed by atoms with Crippen LogP contribution in [0, 0.1) is 12.8 Å². The number of hydrogen-bond donors (Lipinski definition) is 1. The van der Waals surface area contributed by atoms with E-state index in [4.69, 9.17) is 20.3 Å². The van der Waals surface area contributed by atoms with Gasteiger partial charge in [0.05, 0.1) is 24.9 Å². The maximum absolute atomic E-state index is 13.5. The fourth-order valence-corrected chi connectivity index (χ4v) is 6.00. The van der Waals surface area contributed by atoms with E-state index < -0.39 is 0 Å². The van der Waals surface area contributed by atoms with Crippen molar-refractivity contribution in [2.75, 3.05) is 26.8 Å². The standard InChI is InChI=1S/C30H35N9O3/c1-19-26(35-39-15-22(13-25(41-2)27(19)39)30(40)37-9-3-4-23(31)16-37)24-12-21-7-8-32-29(28(21)38(24)14-20-5-6-20)42-11-10-36-17-33-34-18-36/h7-8,12-13,15,17-18,20,23H,3-6,9-11,14,16,31H2,1-2H3/t23-/m1/s1. The predicted molar refractivity (Wildman–Crippen MR) is 157 cm³/mol. The molecule has 0 spiro atoms. The van der Waals surface area contributed by atoms with E-state index in [9.17, 15) is 4.79 Å². The normalized spacial score (nSPS) is 17.3. The van der Waals surface area contributed by atoms with Gasteiger partial charge in [-0.05, 0) is 56.7 Å². The average molecular weight is 570 g/mol. The zero-order chi connectivity index (χ0) is 28.8. The second kappa shape index (κ2) is 10.8. The third kappa shape index (κ3) is 4.85. The lowest BCUT2D eigenvalue weighted by atomic mass is 10.1. The molecule has 1 aliphatic carbocycles. The number of piperidine rings is 1. The SMILES string of the molecule is COc1cc(C(=O)N2CCC[C@@H](N)C2)cn2nc(-c3cc4ccnc(OCCn5cnnc5)c4n3CC3CC3)c(C)c12. The van der Waals surface area contributed by atoms with E-state index in [1.165, 1.54) is 12.8 Å². The summed E-state index contributed by atoms with van der Waals surface area (Å²) in [6.45, 7) is 5.24. The Morgan fingerprint density at radius 1 is 1.14 bits per heavy atom. The molecule has 2 N–H and O–H groups in total. The van der Waals surface area contributed by atoms with Crippen molar-refractivity contribution in [3.8, 4) is 23.0 Å². The first-order valence-corrected chi connectivity index (χ1v) is 14.6. The van der Waals surface area contributed by atoms with E-state index in [1.54, 1.807) is 30.5 Å². The summed E-state index contributed by atoms with van der Waals surface area (Å²) in [6, 6.07) is 6.00. The quantitative estimate of drug-likeness (QED) is 0.286. The number of aryl methyl sites for hydroxylation is 1. The molecule has 1 saturated carbocycles.